The number of piperidine rings is 1. The van der Waals surface area contributed by atoms with Gasteiger partial charge in [0.05, 0.1) is 16.9 Å². The Hall–Kier alpha value is -3.44. The van der Waals surface area contributed by atoms with Gasteiger partial charge >= 0.3 is 6.09 Å². The van der Waals surface area contributed by atoms with Crippen LogP contribution in [0.2, 0.25) is 5.02 Å². The monoisotopic (exact) mass is 612 g/mol. The highest BCUT2D eigenvalue weighted by molar-refractivity contribution is 6.33. The lowest BCUT2D eigenvalue weighted by molar-refractivity contribution is -0.123. The molecule has 11 nitrogen and oxygen atoms in total. The highest BCUT2D eigenvalue weighted by Crippen LogP contribution is 2.38. The van der Waals surface area contributed by atoms with Crippen LogP contribution in [0.3, 0.4) is 0 Å². The first kappa shape index (κ1) is 31.0. The Morgan fingerprint density at radius 2 is 1.95 bits per heavy atom. The number of benzene rings is 1. The molecule has 3 aliphatic rings. The van der Waals surface area contributed by atoms with Crippen molar-refractivity contribution in [3.05, 3.63) is 40.5 Å². The third kappa shape index (κ3) is 6.88. The van der Waals surface area contributed by atoms with E-state index < -0.39 is 6.09 Å². The number of nitrogens with one attached hydrogen (secondary N) is 2. The van der Waals surface area contributed by atoms with E-state index >= 15 is 0 Å². The summed E-state index contributed by atoms with van der Waals surface area (Å²) in [7, 11) is 0. The van der Waals surface area contributed by atoms with Crippen molar-refractivity contribution in [2.45, 2.75) is 78.0 Å². The molecule has 1 aromatic carbocycles. The zero-order chi connectivity index (χ0) is 30.9. The number of carbonyl (C=O) groups is 3. The van der Waals surface area contributed by atoms with E-state index in [0.717, 1.165) is 31.2 Å². The van der Waals surface area contributed by atoms with Gasteiger partial charge in [-0.1, -0.05) is 44.5 Å². The number of amides is 3. The zero-order valence-electron chi connectivity index (χ0n) is 25.2. The molecule has 4 heterocycles. The lowest BCUT2D eigenvalue weighted by atomic mass is 9.71. The minimum Gasteiger partial charge on any atom is -0.465 e. The minimum atomic E-state index is -0.932. The Balaban J connectivity index is 1.25. The van der Waals surface area contributed by atoms with Crippen molar-refractivity contribution in [3.8, 4) is 11.3 Å². The fourth-order valence-corrected chi connectivity index (χ4v) is 6.95. The van der Waals surface area contributed by atoms with Crippen molar-refractivity contribution >= 4 is 35.5 Å². The van der Waals surface area contributed by atoms with Crippen LogP contribution in [0, 0.1) is 11.3 Å². The summed E-state index contributed by atoms with van der Waals surface area (Å²) in [6, 6.07) is 5.28. The summed E-state index contributed by atoms with van der Waals surface area (Å²) in [4.78, 5) is 50.6. The van der Waals surface area contributed by atoms with Crippen molar-refractivity contribution < 1.29 is 24.2 Å². The molecule has 1 aromatic heterocycles. The molecule has 2 fully saturated rings. The minimum absolute atomic E-state index is 0.0359. The van der Waals surface area contributed by atoms with Crippen molar-refractivity contribution in [2.24, 2.45) is 11.3 Å². The Bertz CT molecular complexity index is 1370. The molecule has 12 heteroatoms. The van der Waals surface area contributed by atoms with Crippen LogP contribution in [-0.2, 0) is 16.1 Å². The number of hydrogen-bond donors (Lipinski definition) is 3. The summed E-state index contributed by atoms with van der Waals surface area (Å²) in [6.07, 6.45) is 3.94. The maximum absolute atomic E-state index is 13.4. The molecular formula is C31H41ClN6O5. The second-order valence-corrected chi connectivity index (χ2v) is 13.3. The third-order valence-corrected chi connectivity index (χ3v) is 9.01. The summed E-state index contributed by atoms with van der Waals surface area (Å²) >= 11 is 6.48. The molecule has 0 aliphatic carbocycles. The summed E-state index contributed by atoms with van der Waals surface area (Å²) in [5.41, 5.74) is 2.29. The maximum Gasteiger partial charge on any atom is 0.407 e. The molecule has 2 aromatic rings. The van der Waals surface area contributed by atoms with Crippen LogP contribution < -0.4 is 10.6 Å². The Labute approximate surface area is 257 Å². The number of carbonyl (C=O) groups excluding carboxylic acids is 2. The van der Waals surface area contributed by atoms with Gasteiger partial charge in [-0.3, -0.25) is 9.59 Å². The molecule has 3 N–H and O–H groups in total. The Kier molecular flexibility index (Phi) is 9.12. The number of carboxylic acid groups (broad SMARTS) is 1. The average molecular weight is 613 g/mol. The van der Waals surface area contributed by atoms with Crippen LogP contribution in [0.15, 0.2) is 24.4 Å². The van der Waals surface area contributed by atoms with E-state index in [1.54, 1.807) is 12.3 Å². The van der Waals surface area contributed by atoms with Gasteiger partial charge in [-0.25, -0.2) is 14.8 Å². The van der Waals surface area contributed by atoms with E-state index in [2.05, 4.69) is 20.6 Å². The fourth-order valence-electron chi connectivity index (χ4n) is 6.75. The zero-order valence-corrected chi connectivity index (χ0v) is 26.0. The number of fused-ring (bicyclic) bond motifs is 1. The lowest BCUT2D eigenvalue weighted by Crippen LogP contribution is -2.59. The van der Waals surface area contributed by atoms with Gasteiger partial charge in [0.15, 0.2) is 0 Å². The first-order valence-electron chi connectivity index (χ1n) is 15.0. The lowest BCUT2D eigenvalue weighted by Gasteiger charge is -2.48. The van der Waals surface area contributed by atoms with Gasteiger partial charge in [0.2, 0.25) is 11.9 Å². The standard InChI is InChI=1S/C31H41ClN6O5/c1-18(22-6-5-11-38(30(41)42)27(22)31(2,3)4)34-25(39)17-37-16-20-8-7-19(14-23(20)28(37)40)26-24(32)15-33-29(36-26)35-21-9-12-43-13-10-21/h7-8,14-15,18,21-22,27H,5-6,9-13,16-17H2,1-4H3,(H,34,39)(H,41,42)(H,33,35,36). The number of anilines is 1. The largest absolute Gasteiger partial charge is 0.465 e. The Morgan fingerprint density at radius 1 is 1.21 bits per heavy atom. The highest BCUT2D eigenvalue weighted by atomic mass is 35.5. The number of hydrogen-bond acceptors (Lipinski definition) is 7. The molecular weight excluding hydrogens is 572 g/mol. The second kappa shape index (κ2) is 12.7. The van der Waals surface area contributed by atoms with Crippen LogP contribution in [0.25, 0.3) is 11.3 Å². The van der Waals surface area contributed by atoms with Crippen LogP contribution in [0.4, 0.5) is 10.7 Å². The first-order valence-corrected chi connectivity index (χ1v) is 15.4. The molecule has 5 rings (SSSR count). The van der Waals surface area contributed by atoms with Crippen molar-refractivity contribution in [1.82, 2.24) is 25.1 Å². The normalized spacial score (nSPS) is 21.8. The number of rotatable bonds is 7. The topological polar surface area (TPSA) is 137 Å². The average Bonchev–Trinajstić information content (AvgIpc) is 3.27. The highest BCUT2D eigenvalue weighted by Gasteiger charge is 2.44. The predicted octanol–water partition coefficient (Wildman–Crippen LogP) is 4.65. The van der Waals surface area contributed by atoms with Gasteiger partial charge in [-0.05, 0) is 49.7 Å². The van der Waals surface area contributed by atoms with Gasteiger partial charge in [-0.15, -0.1) is 0 Å². The van der Waals surface area contributed by atoms with Gasteiger partial charge in [-0.2, -0.15) is 0 Å². The van der Waals surface area contributed by atoms with E-state index in [1.807, 2.05) is 39.8 Å². The molecule has 0 radical (unpaired) electrons. The molecule has 3 aliphatic heterocycles. The molecule has 232 valence electrons. The van der Waals surface area contributed by atoms with Crippen LogP contribution in [-0.4, -0.2) is 87.2 Å². The molecule has 3 atom stereocenters. The van der Waals surface area contributed by atoms with Gasteiger partial charge in [0.25, 0.3) is 5.91 Å². The maximum atomic E-state index is 13.4. The predicted molar refractivity (Wildman–Crippen MR) is 163 cm³/mol. The molecule has 43 heavy (non-hydrogen) atoms. The molecule has 2 saturated heterocycles. The summed E-state index contributed by atoms with van der Waals surface area (Å²) in [5, 5.41) is 16.6. The molecule has 0 bridgehead atoms. The quantitative estimate of drug-likeness (QED) is 0.411. The fraction of sp³-hybridized carbons (Fsp3) is 0.581. The smallest absolute Gasteiger partial charge is 0.407 e. The summed E-state index contributed by atoms with van der Waals surface area (Å²) < 4.78 is 5.43. The van der Waals surface area contributed by atoms with E-state index in [1.165, 1.54) is 9.80 Å². The van der Waals surface area contributed by atoms with E-state index in [4.69, 9.17) is 16.3 Å². The molecule has 3 amide bonds. The number of ether oxygens (including phenoxy) is 1. The summed E-state index contributed by atoms with van der Waals surface area (Å²) in [5.74, 6) is -0.0562. The van der Waals surface area contributed by atoms with E-state index in [0.29, 0.717) is 54.1 Å². The molecule has 0 saturated carbocycles. The van der Waals surface area contributed by atoms with Crippen LogP contribution >= 0.6 is 11.6 Å². The van der Waals surface area contributed by atoms with E-state index in [9.17, 15) is 19.5 Å². The number of nitrogens with zero attached hydrogens (tertiary/aromatic N) is 4. The van der Waals surface area contributed by atoms with Crippen molar-refractivity contribution in [1.29, 1.82) is 0 Å². The number of halogens is 1. The van der Waals surface area contributed by atoms with Gasteiger partial charge < -0.3 is 30.3 Å². The van der Waals surface area contributed by atoms with E-state index in [-0.39, 0.29) is 47.8 Å². The van der Waals surface area contributed by atoms with Crippen molar-refractivity contribution in [2.75, 3.05) is 31.6 Å². The molecule has 0 spiro atoms. The third-order valence-electron chi connectivity index (χ3n) is 8.74. The molecule has 3 unspecified atom stereocenters. The van der Waals surface area contributed by atoms with Crippen LogP contribution in [0.5, 0.6) is 0 Å². The van der Waals surface area contributed by atoms with Gasteiger partial charge in [0, 0.05) is 61.5 Å². The SMILES string of the molecule is CC(NC(=O)CN1Cc2ccc(-c3nc(NC4CCOCC4)ncc3Cl)cc2C1=O)C1CCCN(C(=O)O)C1C(C)(C)C. The Morgan fingerprint density at radius 3 is 2.65 bits per heavy atom. The number of likely N-dealkylation sites (tertiary alicyclic amines) is 1. The van der Waals surface area contributed by atoms with Gasteiger partial charge in [0.1, 0.15) is 6.54 Å². The van der Waals surface area contributed by atoms with Crippen molar-refractivity contribution in [3.63, 3.8) is 0 Å². The summed E-state index contributed by atoms with van der Waals surface area (Å²) in [6.45, 7) is 10.1. The van der Waals surface area contributed by atoms with Crippen LogP contribution in [0.1, 0.15) is 69.3 Å². The second-order valence-electron chi connectivity index (χ2n) is 12.9. The number of aromatic nitrogens is 2. The first-order chi connectivity index (χ1) is 20.4.